The quantitative estimate of drug-likeness (QED) is 0.609. The number of nitrogens with one attached hydrogen (secondary N) is 2. The van der Waals surface area contributed by atoms with Crippen LogP contribution in [-0.4, -0.2) is 33.7 Å². The second-order valence-corrected chi connectivity index (χ2v) is 5.20. The van der Waals surface area contributed by atoms with Gasteiger partial charge >= 0.3 is 0 Å². The SMILES string of the molecule is CCCNC(C)(CCSc1ncc[nH]1)C(N)=O. The molecule has 0 saturated carbocycles. The largest absolute Gasteiger partial charge is 0.368 e. The van der Waals surface area contributed by atoms with E-state index in [-0.39, 0.29) is 5.91 Å². The second-order valence-electron chi connectivity index (χ2n) is 4.12. The molecule has 4 N–H and O–H groups in total. The van der Waals surface area contributed by atoms with Gasteiger partial charge in [-0.3, -0.25) is 4.79 Å². The van der Waals surface area contributed by atoms with Crippen molar-refractivity contribution >= 4 is 17.7 Å². The average Bonchev–Trinajstić information content (AvgIpc) is 2.79. The van der Waals surface area contributed by atoms with Gasteiger partial charge < -0.3 is 16.0 Å². The first-order chi connectivity index (χ1) is 8.08. The highest BCUT2D eigenvalue weighted by Gasteiger charge is 2.29. The Morgan fingerprint density at radius 1 is 1.71 bits per heavy atom. The molecule has 0 aromatic carbocycles. The van der Waals surface area contributed by atoms with E-state index in [1.165, 1.54) is 0 Å². The molecule has 0 aliphatic heterocycles. The van der Waals surface area contributed by atoms with Crippen LogP contribution in [0.5, 0.6) is 0 Å². The molecule has 17 heavy (non-hydrogen) atoms. The van der Waals surface area contributed by atoms with Gasteiger partial charge in [0.25, 0.3) is 0 Å². The molecule has 1 aromatic heterocycles. The molecule has 0 spiro atoms. The van der Waals surface area contributed by atoms with E-state index in [0.717, 1.165) is 23.9 Å². The number of hydrogen-bond acceptors (Lipinski definition) is 4. The van der Waals surface area contributed by atoms with Gasteiger partial charge in [-0.2, -0.15) is 0 Å². The first-order valence-corrected chi connectivity index (χ1v) is 6.74. The van der Waals surface area contributed by atoms with E-state index in [4.69, 9.17) is 5.73 Å². The summed E-state index contributed by atoms with van der Waals surface area (Å²) in [6, 6.07) is 0. The highest BCUT2D eigenvalue weighted by molar-refractivity contribution is 7.99. The van der Waals surface area contributed by atoms with Crippen molar-refractivity contribution in [2.45, 2.75) is 37.4 Å². The summed E-state index contributed by atoms with van der Waals surface area (Å²) < 4.78 is 0. The Morgan fingerprint density at radius 2 is 2.47 bits per heavy atom. The zero-order valence-electron chi connectivity index (χ0n) is 10.3. The van der Waals surface area contributed by atoms with Gasteiger partial charge in [0.1, 0.15) is 0 Å². The molecule has 0 radical (unpaired) electrons. The van der Waals surface area contributed by atoms with Crippen molar-refractivity contribution in [1.82, 2.24) is 15.3 Å². The molecule has 5 nitrogen and oxygen atoms in total. The highest BCUT2D eigenvalue weighted by Crippen LogP contribution is 2.18. The third-order valence-electron chi connectivity index (χ3n) is 2.62. The van der Waals surface area contributed by atoms with E-state index in [1.807, 2.05) is 6.92 Å². The Labute approximate surface area is 106 Å². The fraction of sp³-hybridized carbons (Fsp3) is 0.636. The molecule has 96 valence electrons. The lowest BCUT2D eigenvalue weighted by Gasteiger charge is -2.27. The summed E-state index contributed by atoms with van der Waals surface area (Å²) >= 11 is 1.59. The van der Waals surface area contributed by atoms with E-state index in [1.54, 1.807) is 24.2 Å². The monoisotopic (exact) mass is 256 g/mol. The predicted octanol–water partition coefficient (Wildman–Crippen LogP) is 1.14. The molecule has 0 fully saturated rings. The Balaban J connectivity index is 2.41. The topological polar surface area (TPSA) is 83.8 Å². The van der Waals surface area contributed by atoms with Gasteiger partial charge in [-0.05, 0) is 26.3 Å². The number of nitrogens with two attached hydrogens (primary N) is 1. The van der Waals surface area contributed by atoms with Crippen LogP contribution >= 0.6 is 11.8 Å². The van der Waals surface area contributed by atoms with Crippen LogP contribution < -0.4 is 11.1 Å². The van der Waals surface area contributed by atoms with Gasteiger partial charge in [-0.15, -0.1) is 0 Å². The number of aromatic amines is 1. The van der Waals surface area contributed by atoms with Crippen molar-refractivity contribution in [1.29, 1.82) is 0 Å². The maximum Gasteiger partial charge on any atom is 0.237 e. The van der Waals surface area contributed by atoms with Crippen molar-refractivity contribution in [3.8, 4) is 0 Å². The average molecular weight is 256 g/mol. The number of aromatic nitrogens is 2. The fourth-order valence-corrected chi connectivity index (χ4v) is 2.37. The molecular formula is C11H20N4OS. The van der Waals surface area contributed by atoms with Crippen molar-refractivity contribution in [3.05, 3.63) is 12.4 Å². The third kappa shape index (κ3) is 4.40. The Morgan fingerprint density at radius 3 is 3.00 bits per heavy atom. The van der Waals surface area contributed by atoms with Gasteiger partial charge in [-0.1, -0.05) is 18.7 Å². The third-order valence-corrected chi connectivity index (χ3v) is 3.53. The number of amides is 1. The van der Waals surface area contributed by atoms with Crippen LogP contribution in [-0.2, 0) is 4.79 Å². The number of nitrogens with zero attached hydrogens (tertiary/aromatic N) is 1. The lowest BCUT2D eigenvalue weighted by Crippen LogP contribution is -2.53. The Bertz CT molecular complexity index is 341. The van der Waals surface area contributed by atoms with E-state index >= 15 is 0 Å². The van der Waals surface area contributed by atoms with Crippen LogP contribution in [0.3, 0.4) is 0 Å². The van der Waals surface area contributed by atoms with Crippen LogP contribution in [0.25, 0.3) is 0 Å². The first kappa shape index (κ1) is 14.1. The summed E-state index contributed by atoms with van der Waals surface area (Å²) in [6.45, 7) is 4.71. The molecular weight excluding hydrogens is 236 g/mol. The van der Waals surface area contributed by atoms with Crippen molar-refractivity contribution in [2.75, 3.05) is 12.3 Å². The summed E-state index contributed by atoms with van der Waals surface area (Å²) in [5.74, 6) is 0.495. The van der Waals surface area contributed by atoms with Crippen molar-refractivity contribution in [2.24, 2.45) is 5.73 Å². The number of primary amides is 1. The summed E-state index contributed by atoms with van der Waals surface area (Å²) in [4.78, 5) is 18.6. The lowest BCUT2D eigenvalue weighted by atomic mass is 9.98. The van der Waals surface area contributed by atoms with Crippen LogP contribution in [0.1, 0.15) is 26.7 Å². The molecule has 0 aliphatic carbocycles. The molecule has 1 atom stereocenters. The summed E-state index contributed by atoms with van der Waals surface area (Å²) in [7, 11) is 0. The van der Waals surface area contributed by atoms with Crippen LogP contribution in [0.2, 0.25) is 0 Å². The first-order valence-electron chi connectivity index (χ1n) is 5.75. The fourth-order valence-electron chi connectivity index (χ4n) is 1.38. The molecule has 6 heteroatoms. The highest BCUT2D eigenvalue weighted by atomic mass is 32.2. The van der Waals surface area contributed by atoms with Gasteiger partial charge in [0.15, 0.2) is 5.16 Å². The van der Waals surface area contributed by atoms with E-state index < -0.39 is 5.54 Å². The number of carbonyl (C=O) groups is 1. The molecule has 0 bridgehead atoms. The van der Waals surface area contributed by atoms with Crippen molar-refractivity contribution < 1.29 is 4.79 Å². The maximum absolute atomic E-state index is 11.4. The standard InChI is InChI=1S/C11H20N4OS/c1-3-5-15-11(2,9(12)16)4-8-17-10-13-6-7-14-10/h6-7,15H,3-5,8H2,1-2H3,(H2,12,16)(H,13,14). The van der Waals surface area contributed by atoms with Crippen LogP contribution in [0.15, 0.2) is 17.6 Å². The van der Waals surface area contributed by atoms with E-state index in [0.29, 0.717) is 6.42 Å². The number of H-pyrrole nitrogens is 1. The van der Waals surface area contributed by atoms with Crippen LogP contribution in [0.4, 0.5) is 0 Å². The Kier molecular flexibility index (Phi) is 5.50. The molecule has 0 saturated heterocycles. The van der Waals surface area contributed by atoms with Crippen molar-refractivity contribution in [3.63, 3.8) is 0 Å². The van der Waals surface area contributed by atoms with Gasteiger partial charge in [0, 0.05) is 18.1 Å². The normalized spacial score (nSPS) is 14.5. The Hall–Kier alpha value is -1.01. The van der Waals surface area contributed by atoms with Crippen LogP contribution in [0, 0.1) is 0 Å². The predicted molar refractivity (Wildman–Crippen MR) is 69.8 cm³/mol. The number of carbonyl (C=O) groups excluding carboxylic acids is 1. The van der Waals surface area contributed by atoms with Gasteiger partial charge in [0.2, 0.25) is 5.91 Å². The molecule has 1 aromatic rings. The van der Waals surface area contributed by atoms with Gasteiger partial charge in [-0.25, -0.2) is 4.98 Å². The number of imidazole rings is 1. The summed E-state index contributed by atoms with van der Waals surface area (Å²) in [5.41, 5.74) is 4.81. The minimum atomic E-state index is -0.629. The molecule has 1 amide bonds. The zero-order valence-corrected chi connectivity index (χ0v) is 11.1. The zero-order chi connectivity index (χ0) is 12.7. The number of thioether (sulfide) groups is 1. The summed E-state index contributed by atoms with van der Waals surface area (Å²) in [5, 5.41) is 4.07. The van der Waals surface area contributed by atoms with Gasteiger partial charge in [0.05, 0.1) is 5.54 Å². The van der Waals surface area contributed by atoms with E-state index in [9.17, 15) is 4.79 Å². The lowest BCUT2D eigenvalue weighted by molar-refractivity contribution is -0.123. The maximum atomic E-state index is 11.4. The number of hydrogen-bond donors (Lipinski definition) is 3. The minimum Gasteiger partial charge on any atom is -0.368 e. The summed E-state index contributed by atoms with van der Waals surface area (Å²) in [6.07, 6.45) is 5.16. The number of rotatable bonds is 8. The van der Waals surface area contributed by atoms with E-state index in [2.05, 4.69) is 22.2 Å². The minimum absolute atomic E-state index is 0.300. The molecule has 1 rings (SSSR count). The molecule has 1 heterocycles. The second kappa shape index (κ2) is 6.66. The molecule has 0 aliphatic rings. The molecule has 1 unspecified atom stereocenters. The smallest absolute Gasteiger partial charge is 0.237 e.